The molecule has 0 radical (unpaired) electrons. The van der Waals surface area contributed by atoms with Crippen LogP contribution in [0, 0.1) is 11.6 Å². The van der Waals surface area contributed by atoms with Crippen LogP contribution in [0.2, 0.25) is 0 Å². The molecule has 0 aliphatic heterocycles. The van der Waals surface area contributed by atoms with Crippen molar-refractivity contribution in [3.05, 3.63) is 30.0 Å². The summed E-state index contributed by atoms with van der Waals surface area (Å²) < 4.78 is 39.1. The third kappa shape index (κ3) is 2.45. The van der Waals surface area contributed by atoms with E-state index in [1.165, 1.54) is 12.3 Å². The van der Waals surface area contributed by atoms with Gasteiger partial charge in [-0.1, -0.05) is 0 Å². The molecule has 0 saturated heterocycles. The van der Waals surface area contributed by atoms with Crippen LogP contribution < -0.4 is 4.74 Å². The average molecular weight is 283 g/mol. The molecular formula is C14H15F2NO3. The standard InChI is InChI=1S/C14H15F2NO3/c1-4-19-11-7-10(15)13-9(12(11)16)5-6-17(13)14(18)20-8(2)3/h5-8H,4H2,1-3H3. The van der Waals surface area contributed by atoms with Crippen molar-refractivity contribution in [1.82, 2.24) is 4.57 Å². The number of hydrogen-bond donors (Lipinski definition) is 0. The Morgan fingerprint density at radius 3 is 2.70 bits per heavy atom. The Morgan fingerprint density at radius 2 is 2.10 bits per heavy atom. The quantitative estimate of drug-likeness (QED) is 0.862. The van der Waals surface area contributed by atoms with Crippen LogP contribution >= 0.6 is 0 Å². The second kappa shape index (κ2) is 5.48. The van der Waals surface area contributed by atoms with E-state index in [0.29, 0.717) is 0 Å². The predicted octanol–water partition coefficient (Wildman–Crippen LogP) is 3.71. The number of aromatic nitrogens is 1. The Bertz CT molecular complexity index is 649. The highest BCUT2D eigenvalue weighted by atomic mass is 19.1. The summed E-state index contributed by atoms with van der Waals surface area (Å²) in [6.45, 7) is 5.24. The molecule has 108 valence electrons. The molecule has 2 aromatic rings. The molecule has 0 unspecified atom stereocenters. The zero-order chi connectivity index (χ0) is 14.9. The molecule has 0 aliphatic carbocycles. The summed E-state index contributed by atoms with van der Waals surface area (Å²) in [6.07, 6.45) is 0.171. The smallest absolute Gasteiger partial charge is 0.418 e. The van der Waals surface area contributed by atoms with Crippen LogP contribution in [0.15, 0.2) is 18.3 Å². The van der Waals surface area contributed by atoms with E-state index >= 15 is 0 Å². The molecule has 0 spiro atoms. The lowest BCUT2D eigenvalue weighted by atomic mass is 10.2. The van der Waals surface area contributed by atoms with Crippen molar-refractivity contribution in [3.8, 4) is 5.75 Å². The summed E-state index contributed by atoms with van der Waals surface area (Å²) in [7, 11) is 0. The van der Waals surface area contributed by atoms with Gasteiger partial charge >= 0.3 is 6.09 Å². The summed E-state index contributed by atoms with van der Waals surface area (Å²) in [5.41, 5.74) is -0.156. The molecule has 6 heteroatoms. The average Bonchev–Trinajstić information content (AvgIpc) is 2.80. The van der Waals surface area contributed by atoms with Crippen molar-refractivity contribution in [3.63, 3.8) is 0 Å². The van der Waals surface area contributed by atoms with E-state index in [1.807, 2.05) is 0 Å². The molecule has 20 heavy (non-hydrogen) atoms. The van der Waals surface area contributed by atoms with E-state index in [4.69, 9.17) is 9.47 Å². The number of halogens is 2. The molecule has 1 aromatic heterocycles. The maximum atomic E-state index is 14.1. The number of nitrogens with zero attached hydrogens (tertiary/aromatic N) is 1. The van der Waals surface area contributed by atoms with Gasteiger partial charge in [-0.2, -0.15) is 0 Å². The van der Waals surface area contributed by atoms with Gasteiger partial charge in [-0.05, 0) is 26.8 Å². The molecule has 1 aromatic carbocycles. The third-order valence-corrected chi connectivity index (χ3v) is 2.66. The monoisotopic (exact) mass is 283 g/mol. The van der Waals surface area contributed by atoms with Gasteiger partial charge in [0, 0.05) is 17.6 Å². The summed E-state index contributed by atoms with van der Waals surface area (Å²) in [5, 5.41) is -0.0193. The topological polar surface area (TPSA) is 40.5 Å². The normalized spacial score (nSPS) is 11.1. The Morgan fingerprint density at radius 1 is 1.40 bits per heavy atom. The highest BCUT2D eigenvalue weighted by Gasteiger charge is 2.20. The zero-order valence-electron chi connectivity index (χ0n) is 11.4. The van der Waals surface area contributed by atoms with E-state index in [-0.39, 0.29) is 29.4 Å². The first kappa shape index (κ1) is 14.3. The highest BCUT2D eigenvalue weighted by Crippen LogP contribution is 2.30. The number of carbonyl (C=O) groups excluding carboxylic acids is 1. The fourth-order valence-electron chi connectivity index (χ4n) is 1.90. The lowest BCUT2D eigenvalue weighted by molar-refractivity contribution is 0.118. The first-order valence-corrected chi connectivity index (χ1v) is 6.28. The van der Waals surface area contributed by atoms with E-state index in [1.54, 1.807) is 20.8 Å². The van der Waals surface area contributed by atoms with Gasteiger partial charge in [0.2, 0.25) is 0 Å². The molecule has 0 saturated carbocycles. The van der Waals surface area contributed by atoms with Gasteiger partial charge in [-0.25, -0.2) is 18.1 Å². The molecule has 0 amide bonds. The molecule has 0 aliphatic rings. The van der Waals surface area contributed by atoms with Gasteiger partial charge in [0.1, 0.15) is 0 Å². The summed E-state index contributed by atoms with van der Waals surface area (Å²) in [6, 6.07) is 2.25. The Labute approximate surface area is 114 Å². The number of carbonyl (C=O) groups is 1. The van der Waals surface area contributed by atoms with Crippen LogP contribution in [0.1, 0.15) is 20.8 Å². The van der Waals surface area contributed by atoms with Crippen LogP contribution in [0.5, 0.6) is 5.75 Å². The van der Waals surface area contributed by atoms with Crippen molar-refractivity contribution in [2.24, 2.45) is 0 Å². The van der Waals surface area contributed by atoms with Crippen LogP contribution in [-0.4, -0.2) is 23.4 Å². The minimum Gasteiger partial charge on any atom is -0.491 e. The van der Waals surface area contributed by atoms with E-state index in [9.17, 15) is 13.6 Å². The predicted molar refractivity (Wildman–Crippen MR) is 70.0 cm³/mol. The largest absolute Gasteiger partial charge is 0.491 e. The van der Waals surface area contributed by atoms with E-state index in [0.717, 1.165) is 10.6 Å². The lowest BCUT2D eigenvalue weighted by Crippen LogP contribution is -2.17. The second-order valence-electron chi connectivity index (χ2n) is 4.48. The van der Waals surface area contributed by atoms with Crippen molar-refractivity contribution in [2.45, 2.75) is 26.9 Å². The first-order valence-electron chi connectivity index (χ1n) is 6.28. The molecular weight excluding hydrogens is 268 g/mol. The van der Waals surface area contributed by atoms with Crippen molar-refractivity contribution >= 4 is 17.0 Å². The fourth-order valence-corrected chi connectivity index (χ4v) is 1.90. The number of rotatable bonds is 3. The van der Waals surface area contributed by atoms with Crippen LogP contribution in [0.25, 0.3) is 10.9 Å². The van der Waals surface area contributed by atoms with Crippen LogP contribution in [0.3, 0.4) is 0 Å². The molecule has 1 heterocycles. The number of fused-ring (bicyclic) bond motifs is 1. The Hall–Kier alpha value is -2.11. The summed E-state index contributed by atoms with van der Waals surface area (Å²) in [5.74, 6) is -1.61. The maximum absolute atomic E-state index is 14.1. The molecule has 0 atom stereocenters. The van der Waals surface area contributed by atoms with Gasteiger partial charge in [0.15, 0.2) is 17.4 Å². The van der Waals surface area contributed by atoms with Crippen molar-refractivity contribution in [1.29, 1.82) is 0 Å². The summed E-state index contributed by atoms with van der Waals surface area (Å²) in [4.78, 5) is 11.8. The number of hydrogen-bond acceptors (Lipinski definition) is 3. The first-order chi connectivity index (χ1) is 9.45. The molecule has 0 fully saturated rings. The van der Waals surface area contributed by atoms with Crippen molar-refractivity contribution in [2.75, 3.05) is 6.61 Å². The minimum atomic E-state index is -0.752. The number of ether oxygens (including phenoxy) is 2. The zero-order valence-corrected chi connectivity index (χ0v) is 11.4. The van der Waals surface area contributed by atoms with Gasteiger partial charge < -0.3 is 9.47 Å². The number of benzene rings is 1. The molecule has 0 bridgehead atoms. The maximum Gasteiger partial charge on any atom is 0.418 e. The van der Waals surface area contributed by atoms with Crippen molar-refractivity contribution < 1.29 is 23.0 Å². The third-order valence-electron chi connectivity index (χ3n) is 2.66. The lowest BCUT2D eigenvalue weighted by Gasteiger charge is -2.10. The van der Waals surface area contributed by atoms with Crippen LogP contribution in [0.4, 0.5) is 13.6 Å². The fraction of sp³-hybridized carbons (Fsp3) is 0.357. The Balaban J connectivity index is 2.56. The van der Waals surface area contributed by atoms with Gasteiger partial charge in [-0.3, -0.25) is 0 Å². The molecule has 2 rings (SSSR count). The molecule has 4 nitrogen and oxygen atoms in total. The van der Waals surface area contributed by atoms with Gasteiger partial charge in [0.05, 0.1) is 18.2 Å². The summed E-state index contributed by atoms with van der Waals surface area (Å²) >= 11 is 0. The van der Waals surface area contributed by atoms with E-state index in [2.05, 4.69) is 0 Å². The molecule has 0 N–H and O–H groups in total. The van der Waals surface area contributed by atoms with Gasteiger partial charge in [0.25, 0.3) is 0 Å². The second-order valence-corrected chi connectivity index (χ2v) is 4.48. The van der Waals surface area contributed by atoms with Gasteiger partial charge in [-0.15, -0.1) is 0 Å². The highest BCUT2D eigenvalue weighted by molar-refractivity contribution is 5.91. The Kier molecular flexibility index (Phi) is 3.92. The SMILES string of the molecule is CCOc1cc(F)c2c(ccn2C(=O)OC(C)C)c1F. The van der Waals surface area contributed by atoms with E-state index < -0.39 is 17.7 Å². The minimum absolute atomic E-state index is 0.0193. The van der Waals surface area contributed by atoms with Crippen LogP contribution in [-0.2, 0) is 4.74 Å².